The molecule has 0 unspecified atom stereocenters. The Morgan fingerprint density at radius 1 is 1.14 bits per heavy atom. The number of methoxy groups -OCH3 is 1. The van der Waals surface area contributed by atoms with Crippen molar-refractivity contribution in [3.05, 3.63) is 52.2 Å². The molecular weight excluding hydrogens is 292 g/mol. The van der Waals surface area contributed by atoms with Crippen LogP contribution < -0.4 is 15.6 Å². The Kier molecular flexibility index (Phi) is 5.16. The van der Waals surface area contributed by atoms with E-state index in [2.05, 4.69) is 10.9 Å². The zero-order chi connectivity index (χ0) is 15.1. The maximum absolute atomic E-state index is 11.6. The number of ether oxygens (including phenoxy) is 2. The Bertz CT molecular complexity index is 596. The third-order valence-corrected chi connectivity index (χ3v) is 3.42. The number of hydrogen-bond donors (Lipinski definition) is 2. The average Bonchev–Trinajstić information content (AvgIpc) is 3.05. The first-order valence-corrected chi connectivity index (χ1v) is 6.96. The topological polar surface area (TPSA) is 76.7 Å². The number of hydrogen-bond acceptors (Lipinski definition) is 5. The minimum Gasteiger partial charge on any atom is -0.497 e. The van der Waals surface area contributed by atoms with E-state index in [0.29, 0.717) is 4.88 Å². The highest BCUT2D eigenvalue weighted by molar-refractivity contribution is 7.12. The van der Waals surface area contributed by atoms with Gasteiger partial charge in [-0.25, -0.2) is 10.2 Å². The monoisotopic (exact) mass is 306 g/mol. The van der Waals surface area contributed by atoms with E-state index in [4.69, 9.17) is 9.47 Å². The molecule has 0 radical (unpaired) electrons. The standard InChI is InChI=1S/C14H14N2O4S/c1-19-11-6-4-10(5-7-11)9-20-14(18)16-15-13(17)12-3-2-8-21-12/h2-8H,9H2,1H3,(H,15,17)(H,16,18). The molecule has 7 heteroatoms. The molecule has 1 heterocycles. The zero-order valence-corrected chi connectivity index (χ0v) is 12.1. The normalized spacial score (nSPS) is 9.76. The van der Waals surface area contributed by atoms with Crippen molar-refractivity contribution in [2.75, 3.05) is 7.11 Å². The van der Waals surface area contributed by atoms with Gasteiger partial charge in [0.15, 0.2) is 0 Å². The second-order valence-corrected chi connectivity index (χ2v) is 4.93. The van der Waals surface area contributed by atoms with Crippen LogP contribution >= 0.6 is 11.3 Å². The summed E-state index contributed by atoms with van der Waals surface area (Å²) in [5.74, 6) is 0.345. The van der Waals surface area contributed by atoms with Crippen molar-refractivity contribution in [2.45, 2.75) is 6.61 Å². The number of hydrazine groups is 1. The van der Waals surface area contributed by atoms with E-state index in [1.54, 1.807) is 48.9 Å². The van der Waals surface area contributed by atoms with Gasteiger partial charge >= 0.3 is 6.09 Å². The van der Waals surface area contributed by atoms with Crippen molar-refractivity contribution in [2.24, 2.45) is 0 Å². The molecule has 0 spiro atoms. The van der Waals surface area contributed by atoms with E-state index in [0.717, 1.165) is 11.3 Å². The minimum absolute atomic E-state index is 0.102. The van der Waals surface area contributed by atoms with Crippen molar-refractivity contribution in [3.8, 4) is 5.75 Å². The highest BCUT2D eigenvalue weighted by Crippen LogP contribution is 2.12. The van der Waals surface area contributed by atoms with E-state index < -0.39 is 6.09 Å². The van der Waals surface area contributed by atoms with Gasteiger partial charge in [0.05, 0.1) is 12.0 Å². The van der Waals surface area contributed by atoms with Crippen molar-refractivity contribution >= 4 is 23.3 Å². The summed E-state index contributed by atoms with van der Waals surface area (Å²) in [5, 5.41) is 1.77. The predicted octanol–water partition coefficient (Wildman–Crippen LogP) is 2.33. The van der Waals surface area contributed by atoms with Crippen LogP contribution in [-0.2, 0) is 11.3 Å². The van der Waals surface area contributed by atoms with Gasteiger partial charge in [0.25, 0.3) is 5.91 Å². The molecule has 0 saturated heterocycles. The zero-order valence-electron chi connectivity index (χ0n) is 11.3. The molecule has 0 fully saturated rings. The van der Waals surface area contributed by atoms with Gasteiger partial charge in [0, 0.05) is 0 Å². The fraction of sp³-hybridized carbons (Fsp3) is 0.143. The van der Waals surface area contributed by atoms with Crippen LogP contribution in [0.25, 0.3) is 0 Å². The second-order valence-electron chi connectivity index (χ2n) is 3.98. The third kappa shape index (κ3) is 4.50. The van der Waals surface area contributed by atoms with Gasteiger partial charge in [-0.1, -0.05) is 18.2 Å². The first-order valence-electron chi connectivity index (χ1n) is 6.08. The molecule has 110 valence electrons. The number of benzene rings is 1. The summed E-state index contributed by atoms with van der Waals surface area (Å²) >= 11 is 1.28. The van der Waals surface area contributed by atoms with Crippen LogP contribution in [0.2, 0.25) is 0 Å². The molecule has 2 amide bonds. The van der Waals surface area contributed by atoms with Gasteiger partial charge in [-0.3, -0.25) is 10.2 Å². The van der Waals surface area contributed by atoms with Crippen LogP contribution in [0.1, 0.15) is 15.2 Å². The van der Waals surface area contributed by atoms with E-state index in [-0.39, 0.29) is 12.5 Å². The van der Waals surface area contributed by atoms with Crippen LogP contribution in [0.4, 0.5) is 4.79 Å². The Labute approximate surface area is 125 Å². The highest BCUT2D eigenvalue weighted by atomic mass is 32.1. The lowest BCUT2D eigenvalue weighted by Crippen LogP contribution is -2.41. The summed E-state index contributed by atoms with van der Waals surface area (Å²) in [6.45, 7) is 0.102. The Morgan fingerprint density at radius 2 is 1.90 bits per heavy atom. The third-order valence-electron chi connectivity index (χ3n) is 2.55. The summed E-state index contributed by atoms with van der Waals surface area (Å²) < 4.78 is 10.00. The lowest BCUT2D eigenvalue weighted by Gasteiger charge is -2.08. The van der Waals surface area contributed by atoms with E-state index in [1.807, 2.05) is 0 Å². The molecule has 0 bridgehead atoms. The molecule has 1 aromatic carbocycles. The van der Waals surface area contributed by atoms with Crippen LogP contribution in [-0.4, -0.2) is 19.1 Å². The van der Waals surface area contributed by atoms with Crippen molar-refractivity contribution in [1.29, 1.82) is 0 Å². The Hall–Kier alpha value is -2.54. The number of rotatable bonds is 4. The average molecular weight is 306 g/mol. The predicted molar refractivity (Wildman–Crippen MR) is 78.1 cm³/mol. The summed E-state index contributed by atoms with van der Waals surface area (Å²) in [6.07, 6.45) is -0.726. The van der Waals surface area contributed by atoms with Crippen molar-refractivity contribution in [1.82, 2.24) is 10.9 Å². The molecule has 2 N–H and O–H groups in total. The van der Waals surface area contributed by atoms with E-state index in [9.17, 15) is 9.59 Å². The number of amides is 2. The summed E-state index contributed by atoms with van der Waals surface area (Å²) in [4.78, 5) is 23.5. The number of thiophene rings is 1. The molecule has 0 atom stereocenters. The molecule has 2 aromatic rings. The van der Waals surface area contributed by atoms with Gasteiger partial charge in [-0.05, 0) is 29.1 Å². The number of nitrogens with one attached hydrogen (secondary N) is 2. The molecule has 1 aromatic heterocycles. The molecule has 0 aliphatic heterocycles. The SMILES string of the molecule is COc1ccc(COC(=O)NNC(=O)c2cccs2)cc1. The lowest BCUT2D eigenvalue weighted by molar-refractivity contribution is 0.0909. The fourth-order valence-electron chi connectivity index (χ4n) is 1.48. The molecule has 0 aliphatic rings. The van der Waals surface area contributed by atoms with Gasteiger partial charge in [-0.15, -0.1) is 11.3 Å². The largest absolute Gasteiger partial charge is 0.497 e. The minimum atomic E-state index is -0.726. The first-order chi connectivity index (χ1) is 10.2. The molecule has 2 rings (SSSR count). The summed E-state index contributed by atoms with van der Waals surface area (Å²) in [6, 6.07) is 10.5. The maximum Gasteiger partial charge on any atom is 0.426 e. The Morgan fingerprint density at radius 3 is 2.52 bits per heavy atom. The van der Waals surface area contributed by atoms with Crippen LogP contribution in [0.15, 0.2) is 41.8 Å². The molecule has 6 nitrogen and oxygen atoms in total. The van der Waals surface area contributed by atoms with Crippen molar-refractivity contribution < 1.29 is 19.1 Å². The lowest BCUT2D eigenvalue weighted by atomic mass is 10.2. The molecule has 21 heavy (non-hydrogen) atoms. The van der Waals surface area contributed by atoms with Gasteiger partial charge < -0.3 is 9.47 Å². The summed E-state index contributed by atoms with van der Waals surface area (Å²) in [5.41, 5.74) is 5.27. The number of carbonyl (C=O) groups excluding carboxylic acids is 2. The number of carbonyl (C=O) groups is 2. The van der Waals surface area contributed by atoms with Gasteiger partial charge in [-0.2, -0.15) is 0 Å². The summed E-state index contributed by atoms with van der Waals surface area (Å²) in [7, 11) is 1.58. The highest BCUT2D eigenvalue weighted by Gasteiger charge is 2.08. The van der Waals surface area contributed by atoms with Gasteiger partial charge in [0.1, 0.15) is 12.4 Å². The first kappa shape index (κ1) is 14.9. The smallest absolute Gasteiger partial charge is 0.426 e. The van der Waals surface area contributed by atoms with E-state index in [1.165, 1.54) is 11.3 Å². The fourth-order valence-corrected chi connectivity index (χ4v) is 2.10. The molecule has 0 aliphatic carbocycles. The van der Waals surface area contributed by atoms with Crippen LogP contribution in [0.3, 0.4) is 0 Å². The van der Waals surface area contributed by atoms with Crippen LogP contribution in [0, 0.1) is 0 Å². The van der Waals surface area contributed by atoms with E-state index >= 15 is 0 Å². The Balaban J connectivity index is 1.73. The molecular formula is C14H14N2O4S. The van der Waals surface area contributed by atoms with Gasteiger partial charge in [0.2, 0.25) is 0 Å². The second kappa shape index (κ2) is 7.30. The van der Waals surface area contributed by atoms with Crippen LogP contribution in [0.5, 0.6) is 5.75 Å². The maximum atomic E-state index is 11.6. The quantitative estimate of drug-likeness (QED) is 0.850. The molecule has 0 saturated carbocycles. The van der Waals surface area contributed by atoms with Crippen molar-refractivity contribution in [3.63, 3.8) is 0 Å².